The molecule has 1 N–H and O–H groups in total. The van der Waals surface area contributed by atoms with Gasteiger partial charge in [-0.1, -0.05) is 13.3 Å². The molecule has 1 heterocycles. The van der Waals surface area contributed by atoms with Crippen molar-refractivity contribution in [3.8, 4) is 0 Å². The molecule has 2 fully saturated rings. The molecule has 1 aromatic heterocycles. The fraction of sp³-hybridized carbons (Fsp3) is 0.733. The number of aromatic nitrogens is 2. The highest BCUT2D eigenvalue weighted by Crippen LogP contribution is 2.48. The van der Waals surface area contributed by atoms with Crippen LogP contribution < -0.4 is 5.32 Å². The molecule has 0 aliphatic heterocycles. The third-order valence-corrected chi connectivity index (χ3v) is 5.00. The minimum absolute atomic E-state index is 0.206. The van der Waals surface area contributed by atoms with Gasteiger partial charge in [0.2, 0.25) is 5.91 Å². The Morgan fingerprint density at radius 2 is 2.37 bits per heavy atom. The molecule has 0 spiro atoms. The van der Waals surface area contributed by atoms with Crippen LogP contribution in [-0.2, 0) is 4.79 Å². The van der Waals surface area contributed by atoms with Crippen molar-refractivity contribution in [1.29, 1.82) is 0 Å². The van der Waals surface area contributed by atoms with Crippen LogP contribution in [0, 0.1) is 17.8 Å². The third kappa shape index (κ3) is 2.28. The molecule has 2 aliphatic rings. The second kappa shape index (κ2) is 4.99. The average Bonchev–Trinajstić information content (AvgIpc) is 3.13. The molecule has 4 nitrogen and oxygen atoms in total. The summed E-state index contributed by atoms with van der Waals surface area (Å²) in [6, 6.07) is 2.22. The first-order chi connectivity index (χ1) is 9.19. The van der Waals surface area contributed by atoms with E-state index in [-0.39, 0.29) is 11.8 Å². The number of hydrogen-bond donors (Lipinski definition) is 1. The van der Waals surface area contributed by atoms with Crippen LogP contribution in [0.15, 0.2) is 12.3 Å². The van der Waals surface area contributed by atoms with Gasteiger partial charge < -0.3 is 5.32 Å². The number of carbonyl (C=O) groups is 1. The van der Waals surface area contributed by atoms with Crippen molar-refractivity contribution in [2.45, 2.75) is 52.0 Å². The Hall–Kier alpha value is -1.32. The number of nitrogens with zero attached hydrogens (tertiary/aromatic N) is 2. The molecule has 1 aromatic rings. The Bertz CT molecular complexity index is 468. The highest BCUT2D eigenvalue weighted by Gasteiger charge is 2.43. The van der Waals surface area contributed by atoms with Crippen molar-refractivity contribution in [3.63, 3.8) is 0 Å². The number of hydrogen-bond acceptors (Lipinski definition) is 2. The third-order valence-electron chi connectivity index (χ3n) is 5.00. The Kier molecular flexibility index (Phi) is 3.33. The van der Waals surface area contributed by atoms with E-state index in [0.29, 0.717) is 12.0 Å². The summed E-state index contributed by atoms with van der Waals surface area (Å²) < 4.78 is 1.92. The van der Waals surface area contributed by atoms with Crippen molar-refractivity contribution >= 4 is 11.7 Å². The van der Waals surface area contributed by atoms with Crippen LogP contribution in [0.3, 0.4) is 0 Å². The molecule has 0 radical (unpaired) electrons. The van der Waals surface area contributed by atoms with Crippen LogP contribution in [0.25, 0.3) is 0 Å². The topological polar surface area (TPSA) is 46.9 Å². The summed E-state index contributed by atoms with van der Waals surface area (Å²) in [5, 5.41) is 7.41. The summed E-state index contributed by atoms with van der Waals surface area (Å²) in [4.78, 5) is 12.4. The lowest BCUT2D eigenvalue weighted by Gasteiger charge is -2.21. The molecule has 0 aromatic carbocycles. The Labute approximate surface area is 114 Å². The average molecular weight is 261 g/mol. The van der Waals surface area contributed by atoms with Crippen molar-refractivity contribution in [2.75, 3.05) is 5.32 Å². The smallest absolute Gasteiger partial charge is 0.228 e. The van der Waals surface area contributed by atoms with Gasteiger partial charge in [0.1, 0.15) is 5.82 Å². The summed E-state index contributed by atoms with van der Waals surface area (Å²) in [7, 11) is 0. The molecule has 4 unspecified atom stereocenters. The molecule has 0 saturated heterocycles. The van der Waals surface area contributed by atoms with Crippen LogP contribution >= 0.6 is 0 Å². The standard InChI is InChI=1S/C15H23N3O/c1-3-10(2)18-14(6-7-16-18)17-15(19)13-9-11-4-5-12(13)8-11/h6-7,10-13H,3-5,8-9H2,1-2H3,(H,17,19). The van der Waals surface area contributed by atoms with Crippen molar-refractivity contribution < 1.29 is 4.79 Å². The number of rotatable bonds is 4. The number of amides is 1. The van der Waals surface area contributed by atoms with Crippen LogP contribution in [0.4, 0.5) is 5.82 Å². The zero-order valence-electron chi connectivity index (χ0n) is 11.8. The zero-order chi connectivity index (χ0) is 13.4. The summed E-state index contributed by atoms with van der Waals surface area (Å²) in [6.45, 7) is 4.26. The lowest BCUT2D eigenvalue weighted by atomic mass is 9.88. The van der Waals surface area contributed by atoms with Gasteiger partial charge in [0, 0.05) is 12.0 Å². The number of carbonyl (C=O) groups excluding carboxylic acids is 1. The van der Waals surface area contributed by atoms with E-state index < -0.39 is 0 Å². The van der Waals surface area contributed by atoms with E-state index in [1.807, 2.05) is 10.7 Å². The fourth-order valence-electron chi connectivity index (χ4n) is 3.72. The zero-order valence-corrected chi connectivity index (χ0v) is 11.8. The molecule has 3 rings (SSSR count). The van der Waals surface area contributed by atoms with E-state index >= 15 is 0 Å². The number of nitrogens with one attached hydrogen (secondary N) is 1. The maximum Gasteiger partial charge on any atom is 0.228 e. The lowest BCUT2D eigenvalue weighted by molar-refractivity contribution is -0.121. The first-order valence-electron chi connectivity index (χ1n) is 7.53. The quantitative estimate of drug-likeness (QED) is 0.904. The highest BCUT2D eigenvalue weighted by atomic mass is 16.2. The van der Waals surface area contributed by atoms with Crippen molar-refractivity contribution in [1.82, 2.24) is 9.78 Å². The summed E-state index contributed by atoms with van der Waals surface area (Å²) >= 11 is 0. The second-order valence-electron chi connectivity index (χ2n) is 6.19. The van der Waals surface area contributed by atoms with Gasteiger partial charge in [0.25, 0.3) is 0 Å². The Morgan fingerprint density at radius 1 is 1.53 bits per heavy atom. The van der Waals surface area contributed by atoms with Gasteiger partial charge in [-0.25, -0.2) is 4.68 Å². The molecule has 4 heteroatoms. The van der Waals surface area contributed by atoms with Gasteiger partial charge in [-0.05, 0) is 44.4 Å². The molecule has 2 saturated carbocycles. The Morgan fingerprint density at radius 3 is 3.00 bits per heavy atom. The minimum Gasteiger partial charge on any atom is -0.311 e. The summed E-state index contributed by atoms with van der Waals surface area (Å²) in [5.74, 6) is 2.73. The van der Waals surface area contributed by atoms with E-state index in [0.717, 1.165) is 24.6 Å². The first kappa shape index (κ1) is 12.7. The molecular formula is C15H23N3O. The van der Waals surface area contributed by atoms with Crippen LogP contribution in [0.5, 0.6) is 0 Å². The molecular weight excluding hydrogens is 238 g/mol. The largest absolute Gasteiger partial charge is 0.311 e. The van der Waals surface area contributed by atoms with Gasteiger partial charge >= 0.3 is 0 Å². The monoisotopic (exact) mass is 261 g/mol. The first-order valence-corrected chi connectivity index (χ1v) is 7.53. The molecule has 1 amide bonds. The SMILES string of the molecule is CCC(C)n1nccc1NC(=O)C1CC2CCC1C2. The Balaban J connectivity index is 1.68. The van der Waals surface area contributed by atoms with Crippen LogP contribution in [0.2, 0.25) is 0 Å². The van der Waals surface area contributed by atoms with Gasteiger partial charge in [-0.15, -0.1) is 0 Å². The van der Waals surface area contributed by atoms with Gasteiger partial charge in [-0.3, -0.25) is 4.79 Å². The summed E-state index contributed by atoms with van der Waals surface area (Å²) in [5.41, 5.74) is 0. The molecule has 2 aliphatic carbocycles. The predicted octanol–water partition coefficient (Wildman–Crippen LogP) is 3.23. The molecule has 4 atom stereocenters. The number of anilines is 1. The number of fused-ring (bicyclic) bond motifs is 2. The van der Waals surface area contributed by atoms with Gasteiger partial charge in [0.05, 0.1) is 12.2 Å². The van der Waals surface area contributed by atoms with Crippen molar-refractivity contribution in [2.24, 2.45) is 17.8 Å². The van der Waals surface area contributed by atoms with E-state index in [2.05, 4.69) is 24.3 Å². The molecule has 2 bridgehead atoms. The van der Waals surface area contributed by atoms with Crippen molar-refractivity contribution in [3.05, 3.63) is 12.3 Å². The maximum absolute atomic E-state index is 12.4. The lowest BCUT2D eigenvalue weighted by Crippen LogP contribution is -2.28. The van der Waals surface area contributed by atoms with Gasteiger partial charge in [0.15, 0.2) is 0 Å². The van der Waals surface area contributed by atoms with Gasteiger partial charge in [-0.2, -0.15) is 5.10 Å². The second-order valence-corrected chi connectivity index (χ2v) is 6.19. The van der Waals surface area contributed by atoms with Crippen LogP contribution in [0.1, 0.15) is 52.0 Å². The molecule has 104 valence electrons. The van der Waals surface area contributed by atoms with Crippen LogP contribution in [-0.4, -0.2) is 15.7 Å². The van der Waals surface area contributed by atoms with E-state index in [4.69, 9.17) is 0 Å². The normalized spacial score (nSPS) is 30.5. The fourth-order valence-corrected chi connectivity index (χ4v) is 3.72. The molecule has 19 heavy (non-hydrogen) atoms. The highest BCUT2D eigenvalue weighted by molar-refractivity contribution is 5.92. The minimum atomic E-state index is 0.206. The van der Waals surface area contributed by atoms with E-state index in [9.17, 15) is 4.79 Å². The van der Waals surface area contributed by atoms with E-state index in [1.165, 1.54) is 19.3 Å². The predicted molar refractivity (Wildman–Crippen MR) is 74.8 cm³/mol. The maximum atomic E-state index is 12.4. The van der Waals surface area contributed by atoms with E-state index in [1.54, 1.807) is 6.20 Å². The summed E-state index contributed by atoms with van der Waals surface area (Å²) in [6.07, 6.45) is 7.71.